The van der Waals surface area contributed by atoms with Gasteiger partial charge in [0.15, 0.2) is 12.1 Å². The highest BCUT2D eigenvalue weighted by molar-refractivity contribution is 5.89. The normalized spacial score (nSPS) is 10.9. The summed E-state index contributed by atoms with van der Waals surface area (Å²) in [6.45, 7) is 4.05. The Morgan fingerprint density at radius 3 is 2.36 bits per heavy atom. The van der Waals surface area contributed by atoms with Gasteiger partial charge in [-0.15, -0.1) is 0 Å². The molecule has 0 spiro atoms. The van der Waals surface area contributed by atoms with Gasteiger partial charge in [0.05, 0.1) is 18.2 Å². The van der Waals surface area contributed by atoms with Crippen LogP contribution in [0, 0.1) is 19.7 Å². The van der Waals surface area contributed by atoms with Crippen molar-refractivity contribution in [1.82, 2.24) is 15.0 Å². The van der Waals surface area contributed by atoms with Gasteiger partial charge in [0.2, 0.25) is 0 Å². The summed E-state index contributed by atoms with van der Waals surface area (Å²) in [5.41, 5.74) is 7.80. The summed E-state index contributed by atoms with van der Waals surface area (Å²) in [7, 11) is 1.42. The molecule has 0 unspecified atom stereocenters. The van der Waals surface area contributed by atoms with E-state index in [-0.39, 0.29) is 11.3 Å². The molecule has 7 heteroatoms. The molecule has 0 aliphatic heterocycles. The third-order valence-corrected chi connectivity index (χ3v) is 6.34. The van der Waals surface area contributed by atoms with Crippen molar-refractivity contribution in [3.05, 3.63) is 95.7 Å². The van der Waals surface area contributed by atoms with E-state index in [1.54, 1.807) is 24.7 Å². The lowest BCUT2D eigenvalue weighted by Crippen LogP contribution is -2.00. The Labute approximate surface area is 207 Å². The van der Waals surface area contributed by atoms with Crippen LogP contribution in [0.15, 0.2) is 73.2 Å². The number of pyridine rings is 1. The number of benzene rings is 3. The average Bonchev–Trinajstić information content (AvgIpc) is 2.90. The van der Waals surface area contributed by atoms with Crippen LogP contribution < -0.4 is 10.1 Å². The van der Waals surface area contributed by atoms with E-state index in [1.807, 2.05) is 50.2 Å². The van der Waals surface area contributed by atoms with Crippen LogP contribution >= 0.6 is 0 Å². The molecular formula is C29H23FN4O2. The zero-order chi connectivity index (χ0) is 25.2. The molecule has 0 fully saturated rings. The minimum atomic E-state index is -0.614. The highest BCUT2D eigenvalue weighted by Gasteiger charge is 2.16. The lowest BCUT2D eigenvalue weighted by Gasteiger charge is -2.17. The summed E-state index contributed by atoms with van der Waals surface area (Å²) in [6, 6.07) is 16.8. The van der Waals surface area contributed by atoms with Crippen LogP contribution in [0.25, 0.3) is 33.3 Å². The standard InChI is InChI=1S/C29H23FN4O2/c1-17-20(19-14-24(30)23(16-35)27(15-19)36-3)6-4-7-21(17)22-8-5-9-25(18(22)2)34-29-28-26(10-11-33-29)31-12-13-32-28/h4-16H,1-3H3,(H,33,34). The molecule has 0 saturated heterocycles. The Morgan fingerprint density at radius 2 is 1.58 bits per heavy atom. The van der Waals surface area contributed by atoms with Crippen molar-refractivity contribution in [3.63, 3.8) is 0 Å². The molecule has 3 aromatic carbocycles. The van der Waals surface area contributed by atoms with Crippen molar-refractivity contribution in [2.75, 3.05) is 12.4 Å². The second kappa shape index (κ2) is 9.54. The molecule has 5 aromatic rings. The summed E-state index contributed by atoms with van der Waals surface area (Å²) in [6.07, 6.45) is 5.48. The Morgan fingerprint density at radius 1 is 0.861 bits per heavy atom. The Bertz CT molecular complexity index is 1610. The van der Waals surface area contributed by atoms with E-state index < -0.39 is 5.82 Å². The topological polar surface area (TPSA) is 77.0 Å². The second-order valence-electron chi connectivity index (χ2n) is 8.36. The van der Waals surface area contributed by atoms with Gasteiger partial charge in [-0.05, 0) is 71.5 Å². The molecule has 0 saturated carbocycles. The van der Waals surface area contributed by atoms with E-state index in [0.717, 1.165) is 39.0 Å². The Hall–Kier alpha value is -4.65. The number of hydrogen-bond acceptors (Lipinski definition) is 6. The fraction of sp³-hybridized carbons (Fsp3) is 0.103. The van der Waals surface area contributed by atoms with Gasteiger partial charge in [-0.25, -0.2) is 14.4 Å². The van der Waals surface area contributed by atoms with E-state index in [1.165, 1.54) is 13.2 Å². The molecule has 0 aliphatic rings. The predicted octanol–water partition coefficient (Wildman–Crippen LogP) is 6.68. The maximum absolute atomic E-state index is 14.6. The van der Waals surface area contributed by atoms with Crippen molar-refractivity contribution in [2.24, 2.45) is 0 Å². The molecule has 1 N–H and O–H groups in total. The van der Waals surface area contributed by atoms with Gasteiger partial charge in [0.25, 0.3) is 0 Å². The van der Waals surface area contributed by atoms with Gasteiger partial charge < -0.3 is 10.1 Å². The van der Waals surface area contributed by atoms with Crippen LogP contribution in [0.4, 0.5) is 15.9 Å². The molecule has 178 valence electrons. The predicted molar refractivity (Wildman–Crippen MR) is 139 cm³/mol. The number of fused-ring (bicyclic) bond motifs is 1. The van der Waals surface area contributed by atoms with Crippen molar-refractivity contribution >= 4 is 28.8 Å². The number of halogens is 1. The van der Waals surface area contributed by atoms with Gasteiger partial charge in [-0.1, -0.05) is 30.3 Å². The van der Waals surface area contributed by atoms with Crippen LogP contribution in [0.2, 0.25) is 0 Å². The Kier molecular flexibility index (Phi) is 6.12. The first-order valence-corrected chi connectivity index (χ1v) is 11.4. The maximum Gasteiger partial charge on any atom is 0.158 e. The van der Waals surface area contributed by atoms with Crippen molar-refractivity contribution in [2.45, 2.75) is 13.8 Å². The van der Waals surface area contributed by atoms with Crippen LogP contribution in [-0.2, 0) is 0 Å². The molecule has 0 amide bonds. The number of hydrogen-bond donors (Lipinski definition) is 1. The largest absolute Gasteiger partial charge is 0.496 e. The van der Waals surface area contributed by atoms with Crippen LogP contribution in [0.1, 0.15) is 21.5 Å². The number of aromatic nitrogens is 3. The van der Waals surface area contributed by atoms with Crippen LogP contribution in [0.3, 0.4) is 0 Å². The van der Waals surface area contributed by atoms with Gasteiger partial charge in [0, 0.05) is 24.3 Å². The minimum absolute atomic E-state index is 0.0867. The van der Waals surface area contributed by atoms with E-state index in [0.29, 0.717) is 23.2 Å². The Balaban J connectivity index is 1.58. The summed E-state index contributed by atoms with van der Waals surface area (Å²) < 4.78 is 19.9. The zero-order valence-electron chi connectivity index (χ0n) is 20.0. The third-order valence-electron chi connectivity index (χ3n) is 6.34. The number of methoxy groups -OCH3 is 1. The van der Waals surface area contributed by atoms with Gasteiger partial charge >= 0.3 is 0 Å². The number of rotatable bonds is 6. The third kappa shape index (κ3) is 4.05. The molecule has 2 heterocycles. The molecule has 0 radical (unpaired) electrons. The van der Waals surface area contributed by atoms with E-state index in [2.05, 4.69) is 26.3 Å². The van der Waals surface area contributed by atoms with E-state index >= 15 is 0 Å². The van der Waals surface area contributed by atoms with Crippen molar-refractivity contribution in [1.29, 1.82) is 0 Å². The van der Waals surface area contributed by atoms with Gasteiger partial charge in [0.1, 0.15) is 17.1 Å². The van der Waals surface area contributed by atoms with Crippen LogP contribution in [0.5, 0.6) is 5.75 Å². The number of aldehydes is 1. The highest BCUT2D eigenvalue weighted by Crippen LogP contribution is 2.38. The maximum atomic E-state index is 14.6. The minimum Gasteiger partial charge on any atom is -0.496 e. The lowest BCUT2D eigenvalue weighted by atomic mass is 9.90. The molecule has 5 rings (SSSR count). The highest BCUT2D eigenvalue weighted by atomic mass is 19.1. The van der Waals surface area contributed by atoms with E-state index in [9.17, 15) is 9.18 Å². The molecule has 2 aromatic heterocycles. The second-order valence-corrected chi connectivity index (χ2v) is 8.36. The molecule has 36 heavy (non-hydrogen) atoms. The fourth-order valence-corrected chi connectivity index (χ4v) is 4.45. The first-order valence-electron chi connectivity index (χ1n) is 11.4. The lowest BCUT2D eigenvalue weighted by molar-refractivity contribution is 0.111. The van der Waals surface area contributed by atoms with Crippen molar-refractivity contribution in [3.8, 4) is 28.0 Å². The van der Waals surface area contributed by atoms with Gasteiger partial charge in [-0.3, -0.25) is 9.78 Å². The number of nitrogens with one attached hydrogen (secondary N) is 1. The molecule has 0 aliphatic carbocycles. The molecule has 6 nitrogen and oxygen atoms in total. The number of nitrogens with zero attached hydrogens (tertiary/aromatic N) is 3. The fourth-order valence-electron chi connectivity index (χ4n) is 4.45. The summed E-state index contributed by atoms with van der Waals surface area (Å²) in [5.74, 6) is 0.222. The van der Waals surface area contributed by atoms with E-state index in [4.69, 9.17) is 4.74 Å². The van der Waals surface area contributed by atoms with Crippen LogP contribution in [-0.4, -0.2) is 28.3 Å². The smallest absolute Gasteiger partial charge is 0.158 e. The van der Waals surface area contributed by atoms with Crippen molar-refractivity contribution < 1.29 is 13.9 Å². The molecule has 0 bridgehead atoms. The monoisotopic (exact) mass is 478 g/mol. The number of carbonyl (C=O) groups is 1. The number of carbonyl (C=O) groups excluding carboxylic acids is 1. The molecule has 0 atom stereocenters. The molecular weight excluding hydrogens is 455 g/mol. The zero-order valence-corrected chi connectivity index (χ0v) is 20.0. The summed E-state index contributed by atoms with van der Waals surface area (Å²) in [4.78, 5) is 24.5. The number of ether oxygens (including phenoxy) is 1. The SMILES string of the molecule is COc1cc(-c2cccc(-c3cccc(Nc4nccc5nccnc45)c3C)c2C)cc(F)c1C=O. The quantitative estimate of drug-likeness (QED) is 0.274. The number of anilines is 2. The first-order chi connectivity index (χ1) is 17.5. The summed E-state index contributed by atoms with van der Waals surface area (Å²) >= 11 is 0. The first kappa shape index (κ1) is 23.1. The average molecular weight is 479 g/mol. The summed E-state index contributed by atoms with van der Waals surface area (Å²) in [5, 5.41) is 3.41. The van der Waals surface area contributed by atoms with Gasteiger partial charge in [-0.2, -0.15) is 0 Å².